The lowest BCUT2D eigenvalue weighted by molar-refractivity contribution is -0.137. The Morgan fingerprint density at radius 2 is 1.73 bits per heavy atom. The third-order valence-electron chi connectivity index (χ3n) is 6.10. The van der Waals surface area contributed by atoms with Crippen LogP contribution in [0.15, 0.2) is 60.8 Å². The van der Waals surface area contributed by atoms with Gasteiger partial charge in [-0.25, -0.2) is 4.98 Å². The number of hydrogen-bond donors (Lipinski definition) is 2. The van der Waals surface area contributed by atoms with Gasteiger partial charge >= 0.3 is 6.18 Å². The molecular formula is C25H24F3N3O2. The van der Waals surface area contributed by atoms with E-state index in [0.29, 0.717) is 29.7 Å². The third-order valence-corrected chi connectivity index (χ3v) is 6.10. The van der Waals surface area contributed by atoms with E-state index in [1.54, 1.807) is 36.5 Å². The number of H-pyrrole nitrogens is 1. The van der Waals surface area contributed by atoms with Gasteiger partial charge in [0, 0.05) is 23.0 Å². The quantitative estimate of drug-likeness (QED) is 0.491. The standard InChI is InChI=1S/C25H24F3N3O2/c26-25(27,28)20-8-4-7-19(13-20)21-14-29-23(31-21)17-9-11-18(12-10-17)24(33)30-15-22(32)16-5-2-1-3-6-16/h1-8,13-14,17-18H,9-12,15H2,(H,29,31)(H,30,33). The number of aromatic amines is 1. The number of carbonyl (C=O) groups excluding carboxylic acids is 2. The molecule has 0 aliphatic heterocycles. The summed E-state index contributed by atoms with van der Waals surface area (Å²) in [5.41, 5.74) is 0.833. The largest absolute Gasteiger partial charge is 0.416 e. The molecule has 1 heterocycles. The van der Waals surface area contributed by atoms with Crippen LogP contribution >= 0.6 is 0 Å². The Labute approximate surface area is 189 Å². The Hall–Kier alpha value is -3.42. The molecule has 33 heavy (non-hydrogen) atoms. The Morgan fingerprint density at radius 3 is 2.42 bits per heavy atom. The number of rotatable bonds is 6. The van der Waals surface area contributed by atoms with Gasteiger partial charge in [-0.15, -0.1) is 0 Å². The van der Waals surface area contributed by atoms with Gasteiger partial charge in [0.15, 0.2) is 5.78 Å². The molecule has 0 atom stereocenters. The number of ketones is 1. The number of alkyl halides is 3. The molecule has 0 radical (unpaired) electrons. The van der Waals surface area contributed by atoms with Crippen LogP contribution in [-0.2, 0) is 11.0 Å². The Morgan fingerprint density at radius 1 is 1.00 bits per heavy atom. The molecular weight excluding hydrogens is 431 g/mol. The first-order chi connectivity index (χ1) is 15.8. The first-order valence-corrected chi connectivity index (χ1v) is 10.9. The molecule has 1 aliphatic rings. The maximum Gasteiger partial charge on any atom is 0.416 e. The number of aromatic nitrogens is 2. The van der Waals surface area contributed by atoms with Crippen molar-refractivity contribution in [2.24, 2.45) is 5.92 Å². The number of carbonyl (C=O) groups is 2. The van der Waals surface area contributed by atoms with Crippen molar-refractivity contribution in [1.82, 2.24) is 15.3 Å². The molecule has 2 N–H and O–H groups in total. The van der Waals surface area contributed by atoms with E-state index < -0.39 is 11.7 Å². The fraction of sp³-hybridized carbons (Fsp3) is 0.320. The van der Waals surface area contributed by atoms with Gasteiger partial charge < -0.3 is 10.3 Å². The molecule has 1 aliphatic carbocycles. The van der Waals surface area contributed by atoms with Crippen LogP contribution in [0.2, 0.25) is 0 Å². The van der Waals surface area contributed by atoms with Crippen molar-refractivity contribution in [1.29, 1.82) is 0 Å². The average molecular weight is 455 g/mol. The van der Waals surface area contributed by atoms with E-state index in [0.717, 1.165) is 30.8 Å². The van der Waals surface area contributed by atoms with Crippen LogP contribution in [0.4, 0.5) is 13.2 Å². The van der Waals surface area contributed by atoms with Crippen LogP contribution < -0.4 is 5.32 Å². The van der Waals surface area contributed by atoms with Crippen molar-refractivity contribution in [3.8, 4) is 11.3 Å². The zero-order chi connectivity index (χ0) is 23.4. The van der Waals surface area contributed by atoms with Gasteiger partial charge in [-0.2, -0.15) is 13.2 Å². The molecule has 3 aromatic rings. The lowest BCUT2D eigenvalue weighted by Crippen LogP contribution is -2.36. The molecule has 1 fully saturated rings. The highest BCUT2D eigenvalue weighted by Crippen LogP contribution is 2.36. The third kappa shape index (κ3) is 5.50. The van der Waals surface area contributed by atoms with Crippen molar-refractivity contribution in [2.75, 3.05) is 6.54 Å². The molecule has 0 bridgehead atoms. The number of Topliss-reactive ketones (excluding diaryl/α,β-unsaturated/α-hetero) is 1. The first-order valence-electron chi connectivity index (χ1n) is 10.9. The molecule has 1 amide bonds. The Bertz CT molecular complexity index is 1120. The van der Waals surface area contributed by atoms with Gasteiger partial charge in [-0.1, -0.05) is 42.5 Å². The summed E-state index contributed by atoms with van der Waals surface area (Å²) in [6.45, 7) is -0.0265. The van der Waals surface area contributed by atoms with E-state index in [-0.39, 0.29) is 30.1 Å². The maximum absolute atomic E-state index is 13.0. The summed E-state index contributed by atoms with van der Waals surface area (Å²) >= 11 is 0. The first kappa shape index (κ1) is 22.8. The Balaban J connectivity index is 1.31. The molecule has 8 heteroatoms. The van der Waals surface area contributed by atoms with Gasteiger partial charge in [0.1, 0.15) is 5.82 Å². The molecule has 1 aromatic heterocycles. The summed E-state index contributed by atoms with van der Waals surface area (Å²) in [5.74, 6) is 0.417. The van der Waals surface area contributed by atoms with Crippen LogP contribution in [0.1, 0.15) is 53.3 Å². The lowest BCUT2D eigenvalue weighted by Gasteiger charge is -2.26. The minimum atomic E-state index is -4.40. The zero-order valence-corrected chi connectivity index (χ0v) is 17.9. The predicted octanol–water partition coefficient (Wildman–Crippen LogP) is 5.37. The summed E-state index contributed by atoms with van der Waals surface area (Å²) in [4.78, 5) is 32.2. The van der Waals surface area contributed by atoms with E-state index in [2.05, 4.69) is 15.3 Å². The average Bonchev–Trinajstić information content (AvgIpc) is 3.33. The molecule has 0 saturated heterocycles. The Kier molecular flexibility index (Phi) is 6.62. The number of hydrogen-bond acceptors (Lipinski definition) is 3. The summed E-state index contributed by atoms with van der Waals surface area (Å²) < 4.78 is 39.0. The van der Waals surface area contributed by atoms with E-state index in [1.165, 1.54) is 6.07 Å². The van der Waals surface area contributed by atoms with Crippen molar-refractivity contribution in [2.45, 2.75) is 37.8 Å². The van der Waals surface area contributed by atoms with E-state index >= 15 is 0 Å². The van der Waals surface area contributed by atoms with Crippen LogP contribution in [0.3, 0.4) is 0 Å². The van der Waals surface area contributed by atoms with E-state index in [1.807, 2.05) is 6.07 Å². The van der Waals surface area contributed by atoms with E-state index in [9.17, 15) is 22.8 Å². The summed E-state index contributed by atoms with van der Waals surface area (Å²) in [7, 11) is 0. The minimum Gasteiger partial charge on any atom is -0.348 e. The molecule has 0 spiro atoms. The number of halogens is 3. The minimum absolute atomic E-state index is 0.0265. The normalized spacial score (nSPS) is 18.6. The second-order valence-corrected chi connectivity index (χ2v) is 8.32. The second kappa shape index (κ2) is 9.60. The molecule has 5 nitrogen and oxygen atoms in total. The predicted molar refractivity (Wildman–Crippen MR) is 118 cm³/mol. The van der Waals surface area contributed by atoms with Gasteiger partial charge in [0.05, 0.1) is 24.0 Å². The van der Waals surface area contributed by atoms with Crippen LogP contribution in [0.25, 0.3) is 11.3 Å². The fourth-order valence-corrected chi connectivity index (χ4v) is 4.22. The van der Waals surface area contributed by atoms with Gasteiger partial charge in [-0.05, 0) is 37.8 Å². The smallest absolute Gasteiger partial charge is 0.348 e. The molecule has 0 unspecified atom stereocenters. The fourth-order valence-electron chi connectivity index (χ4n) is 4.22. The number of nitrogens with one attached hydrogen (secondary N) is 2. The van der Waals surface area contributed by atoms with Crippen molar-refractivity contribution in [3.05, 3.63) is 77.7 Å². The maximum atomic E-state index is 13.0. The topological polar surface area (TPSA) is 74.8 Å². The van der Waals surface area contributed by atoms with Crippen LogP contribution in [-0.4, -0.2) is 28.2 Å². The van der Waals surface area contributed by atoms with E-state index in [4.69, 9.17) is 0 Å². The molecule has 172 valence electrons. The number of amides is 1. The monoisotopic (exact) mass is 455 g/mol. The highest BCUT2D eigenvalue weighted by Gasteiger charge is 2.31. The van der Waals surface area contributed by atoms with Gasteiger partial charge in [0.25, 0.3) is 0 Å². The van der Waals surface area contributed by atoms with Crippen LogP contribution in [0, 0.1) is 5.92 Å². The van der Waals surface area contributed by atoms with Gasteiger partial charge in [0.2, 0.25) is 5.91 Å². The van der Waals surface area contributed by atoms with Crippen molar-refractivity contribution in [3.63, 3.8) is 0 Å². The van der Waals surface area contributed by atoms with Crippen LogP contribution in [0.5, 0.6) is 0 Å². The van der Waals surface area contributed by atoms with Gasteiger partial charge in [-0.3, -0.25) is 9.59 Å². The number of benzene rings is 2. The molecule has 2 aromatic carbocycles. The van der Waals surface area contributed by atoms with Crippen molar-refractivity contribution >= 4 is 11.7 Å². The molecule has 4 rings (SSSR count). The summed E-state index contributed by atoms with van der Waals surface area (Å²) in [6.07, 6.45) is -0.0475. The van der Waals surface area contributed by atoms with Crippen molar-refractivity contribution < 1.29 is 22.8 Å². The summed E-state index contributed by atoms with van der Waals surface area (Å²) in [6, 6.07) is 14.0. The summed E-state index contributed by atoms with van der Waals surface area (Å²) in [5, 5.41) is 2.74. The highest BCUT2D eigenvalue weighted by molar-refractivity contribution is 5.99. The number of imidazole rings is 1. The highest BCUT2D eigenvalue weighted by atomic mass is 19.4. The number of nitrogens with zero attached hydrogens (tertiary/aromatic N) is 1. The molecule has 1 saturated carbocycles. The second-order valence-electron chi connectivity index (χ2n) is 8.32. The zero-order valence-electron chi connectivity index (χ0n) is 17.9. The lowest BCUT2D eigenvalue weighted by atomic mass is 9.81. The SMILES string of the molecule is O=C(CNC(=O)C1CCC(c2ncc(-c3cccc(C(F)(F)F)c3)[nH]2)CC1)c1ccccc1.